The Morgan fingerprint density at radius 2 is 2.20 bits per heavy atom. The van der Waals surface area contributed by atoms with Crippen molar-refractivity contribution in [1.29, 1.82) is 0 Å². The molecule has 108 valence electrons. The fourth-order valence-electron chi connectivity index (χ4n) is 2.19. The van der Waals surface area contributed by atoms with Gasteiger partial charge in [0, 0.05) is 11.0 Å². The van der Waals surface area contributed by atoms with E-state index in [4.69, 9.17) is 4.74 Å². The summed E-state index contributed by atoms with van der Waals surface area (Å²) in [5, 5.41) is 2.70. The first-order valence-corrected chi connectivity index (χ1v) is 7.25. The van der Waals surface area contributed by atoms with Crippen LogP contribution in [0.1, 0.15) is 18.9 Å². The highest BCUT2D eigenvalue weighted by Gasteiger charge is 2.31. The van der Waals surface area contributed by atoms with E-state index < -0.39 is 6.04 Å². The second kappa shape index (κ2) is 6.26. The molecule has 1 unspecified atom stereocenters. The Morgan fingerprint density at radius 3 is 2.85 bits per heavy atom. The van der Waals surface area contributed by atoms with Crippen molar-refractivity contribution in [3.8, 4) is 5.75 Å². The van der Waals surface area contributed by atoms with Crippen molar-refractivity contribution >= 4 is 27.7 Å². The summed E-state index contributed by atoms with van der Waals surface area (Å²) in [6, 6.07) is 5.17. The van der Waals surface area contributed by atoms with Gasteiger partial charge in [0.2, 0.25) is 11.8 Å². The highest BCUT2D eigenvalue weighted by atomic mass is 79.9. The third-order valence-corrected chi connectivity index (χ3v) is 4.08. The molecule has 0 aliphatic carbocycles. The molecular formula is C14H17BrN2O3. The number of rotatable bonds is 4. The van der Waals surface area contributed by atoms with Gasteiger partial charge in [0.15, 0.2) is 0 Å². The average molecular weight is 341 g/mol. The van der Waals surface area contributed by atoms with Crippen LogP contribution in [-0.4, -0.2) is 36.4 Å². The van der Waals surface area contributed by atoms with Gasteiger partial charge in [0.25, 0.3) is 0 Å². The van der Waals surface area contributed by atoms with E-state index in [-0.39, 0.29) is 18.4 Å². The number of amides is 2. The van der Waals surface area contributed by atoms with Crippen molar-refractivity contribution in [2.75, 3.05) is 13.7 Å². The van der Waals surface area contributed by atoms with Crippen LogP contribution in [0.25, 0.3) is 0 Å². The number of nitrogens with zero attached hydrogens (tertiary/aromatic N) is 1. The third-order valence-electron chi connectivity index (χ3n) is 3.30. The van der Waals surface area contributed by atoms with Gasteiger partial charge in [-0.25, -0.2) is 0 Å². The lowest BCUT2D eigenvalue weighted by Gasteiger charge is -2.32. The molecule has 0 aromatic heterocycles. The second-order valence-electron chi connectivity index (χ2n) is 4.68. The number of carbonyl (C=O) groups is 2. The standard InChI is InChI=1S/C14H17BrN2O3/c1-3-12-14(19)17(8-13(18)16-12)7-9-6-10(20-2)4-5-11(9)15/h4-6,12H,3,7-8H2,1-2H3,(H,16,18). The van der Waals surface area contributed by atoms with E-state index in [0.29, 0.717) is 13.0 Å². The van der Waals surface area contributed by atoms with E-state index in [9.17, 15) is 9.59 Å². The molecule has 1 aliphatic rings. The molecule has 6 heteroatoms. The number of hydrogen-bond acceptors (Lipinski definition) is 3. The van der Waals surface area contributed by atoms with Crippen molar-refractivity contribution in [3.05, 3.63) is 28.2 Å². The SMILES string of the molecule is CCC1NC(=O)CN(Cc2cc(OC)ccc2Br)C1=O. The lowest BCUT2D eigenvalue weighted by Crippen LogP contribution is -2.57. The topological polar surface area (TPSA) is 58.6 Å². The summed E-state index contributed by atoms with van der Waals surface area (Å²) in [5.74, 6) is 0.571. The first-order valence-electron chi connectivity index (χ1n) is 6.45. The molecule has 0 radical (unpaired) electrons. The molecule has 0 bridgehead atoms. The Morgan fingerprint density at radius 1 is 1.45 bits per heavy atom. The van der Waals surface area contributed by atoms with Crippen LogP contribution >= 0.6 is 15.9 Å². The van der Waals surface area contributed by atoms with Crippen LogP contribution in [0.3, 0.4) is 0 Å². The zero-order chi connectivity index (χ0) is 14.7. The van der Waals surface area contributed by atoms with Crippen LogP contribution < -0.4 is 10.1 Å². The van der Waals surface area contributed by atoms with Crippen LogP contribution in [0.2, 0.25) is 0 Å². The zero-order valence-corrected chi connectivity index (χ0v) is 13.1. The predicted molar refractivity (Wildman–Crippen MR) is 78.3 cm³/mol. The molecule has 1 fully saturated rings. The predicted octanol–water partition coefficient (Wildman–Crippen LogP) is 1.69. The molecule has 2 rings (SSSR count). The minimum atomic E-state index is -0.416. The van der Waals surface area contributed by atoms with Crippen LogP contribution in [-0.2, 0) is 16.1 Å². The Bertz CT molecular complexity index is 533. The van der Waals surface area contributed by atoms with E-state index in [1.54, 1.807) is 12.0 Å². The van der Waals surface area contributed by atoms with Gasteiger partial charge >= 0.3 is 0 Å². The fourth-order valence-corrected chi connectivity index (χ4v) is 2.56. The van der Waals surface area contributed by atoms with Gasteiger partial charge < -0.3 is 15.0 Å². The summed E-state index contributed by atoms with van der Waals surface area (Å²) < 4.78 is 6.08. The minimum Gasteiger partial charge on any atom is -0.497 e. The Balaban J connectivity index is 2.20. The molecule has 1 atom stereocenters. The highest BCUT2D eigenvalue weighted by molar-refractivity contribution is 9.10. The van der Waals surface area contributed by atoms with Crippen molar-refractivity contribution in [2.45, 2.75) is 25.9 Å². The molecule has 5 nitrogen and oxygen atoms in total. The molecule has 1 aromatic rings. The summed E-state index contributed by atoms with van der Waals surface area (Å²) in [5.41, 5.74) is 0.919. The maximum atomic E-state index is 12.2. The maximum Gasteiger partial charge on any atom is 0.245 e. The normalized spacial score (nSPS) is 18.9. The van der Waals surface area contributed by atoms with Crippen molar-refractivity contribution in [1.82, 2.24) is 10.2 Å². The second-order valence-corrected chi connectivity index (χ2v) is 5.53. The number of methoxy groups -OCH3 is 1. The summed E-state index contributed by atoms with van der Waals surface area (Å²) in [4.78, 5) is 25.5. The smallest absolute Gasteiger partial charge is 0.245 e. The molecule has 1 saturated heterocycles. The van der Waals surface area contributed by atoms with Crippen LogP contribution in [0.4, 0.5) is 0 Å². The number of nitrogens with one attached hydrogen (secondary N) is 1. The maximum absolute atomic E-state index is 12.2. The minimum absolute atomic E-state index is 0.0400. The van der Waals surface area contributed by atoms with E-state index in [0.717, 1.165) is 15.8 Å². The fraction of sp³-hybridized carbons (Fsp3) is 0.429. The van der Waals surface area contributed by atoms with E-state index in [2.05, 4.69) is 21.2 Å². The first-order chi connectivity index (χ1) is 9.55. The first kappa shape index (κ1) is 14.8. The molecule has 0 saturated carbocycles. The molecule has 1 aromatic carbocycles. The van der Waals surface area contributed by atoms with Gasteiger partial charge in [-0.15, -0.1) is 0 Å². The lowest BCUT2D eigenvalue weighted by atomic mass is 10.1. The average Bonchev–Trinajstić information content (AvgIpc) is 2.44. The summed E-state index contributed by atoms with van der Waals surface area (Å²) in [6.45, 7) is 2.37. The number of carbonyl (C=O) groups excluding carboxylic acids is 2. The summed E-state index contributed by atoms with van der Waals surface area (Å²) >= 11 is 3.46. The van der Waals surface area contributed by atoms with Crippen LogP contribution in [0.5, 0.6) is 5.75 Å². The molecular weight excluding hydrogens is 324 g/mol. The number of ether oxygens (including phenoxy) is 1. The molecule has 1 aliphatic heterocycles. The summed E-state index contributed by atoms with van der Waals surface area (Å²) in [7, 11) is 1.60. The Labute approximate surface area is 126 Å². The highest BCUT2D eigenvalue weighted by Crippen LogP contribution is 2.24. The third kappa shape index (κ3) is 3.12. The zero-order valence-electron chi connectivity index (χ0n) is 11.5. The van der Waals surface area contributed by atoms with Crippen LogP contribution in [0, 0.1) is 0 Å². The molecule has 1 N–H and O–H groups in total. The Kier molecular flexibility index (Phi) is 4.65. The van der Waals surface area contributed by atoms with Gasteiger partial charge in [-0.05, 0) is 30.2 Å². The lowest BCUT2D eigenvalue weighted by molar-refractivity contribution is -0.144. The van der Waals surface area contributed by atoms with Crippen molar-refractivity contribution < 1.29 is 14.3 Å². The Hall–Kier alpha value is -1.56. The summed E-state index contributed by atoms with van der Waals surface area (Å²) in [6.07, 6.45) is 0.598. The van der Waals surface area contributed by atoms with Crippen molar-refractivity contribution in [2.24, 2.45) is 0 Å². The van der Waals surface area contributed by atoms with Crippen molar-refractivity contribution in [3.63, 3.8) is 0 Å². The monoisotopic (exact) mass is 340 g/mol. The molecule has 2 amide bonds. The number of halogens is 1. The number of piperazine rings is 1. The molecule has 1 heterocycles. The van der Waals surface area contributed by atoms with Gasteiger partial charge in [0.05, 0.1) is 13.7 Å². The number of benzene rings is 1. The van der Waals surface area contributed by atoms with Crippen LogP contribution in [0.15, 0.2) is 22.7 Å². The van der Waals surface area contributed by atoms with E-state index in [1.165, 1.54) is 0 Å². The van der Waals surface area contributed by atoms with Gasteiger partial charge in [-0.3, -0.25) is 9.59 Å². The van der Waals surface area contributed by atoms with E-state index >= 15 is 0 Å². The van der Waals surface area contributed by atoms with Gasteiger partial charge in [0.1, 0.15) is 11.8 Å². The van der Waals surface area contributed by atoms with Gasteiger partial charge in [-0.2, -0.15) is 0 Å². The largest absolute Gasteiger partial charge is 0.497 e. The number of hydrogen-bond donors (Lipinski definition) is 1. The molecule has 0 spiro atoms. The molecule has 20 heavy (non-hydrogen) atoms. The van der Waals surface area contributed by atoms with E-state index in [1.807, 2.05) is 25.1 Å². The van der Waals surface area contributed by atoms with Gasteiger partial charge in [-0.1, -0.05) is 22.9 Å². The quantitative estimate of drug-likeness (QED) is 0.907.